The zero-order chi connectivity index (χ0) is 17.9. The first-order chi connectivity index (χ1) is 12.1. The molecule has 3 rings (SSSR count). The third kappa shape index (κ3) is 3.73. The number of rotatable bonds is 3. The van der Waals surface area contributed by atoms with Crippen molar-refractivity contribution in [2.45, 2.75) is 45.1 Å². The van der Waals surface area contributed by atoms with Crippen LogP contribution in [0.2, 0.25) is 0 Å². The number of urea groups is 1. The molecular weight excluding hydrogens is 323 g/mol. The predicted molar refractivity (Wildman–Crippen MR) is 93.0 cm³/mol. The van der Waals surface area contributed by atoms with Crippen LogP contribution < -0.4 is 10.1 Å². The van der Waals surface area contributed by atoms with E-state index in [0.29, 0.717) is 25.3 Å². The first kappa shape index (κ1) is 18.0. The minimum Gasteiger partial charge on any atom is -0.490 e. The topological polar surface area (TPSA) is 61.8 Å². The molecule has 0 spiro atoms. The molecule has 2 atom stereocenters. The number of likely N-dealkylation sites (tertiary alicyclic amines) is 1. The van der Waals surface area contributed by atoms with Gasteiger partial charge in [-0.15, -0.1) is 0 Å². The Labute approximate surface area is 148 Å². The summed E-state index contributed by atoms with van der Waals surface area (Å²) in [7, 11) is 0. The molecular formula is C19H27FN2O3. The average Bonchev–Trinajstić information content (AvgIpc) is 2.85. The quantitative estimate of drug-likeness (QED) is 0.880. The zero-order valence-electron chi connectivity index (χ0n) is 14.8. The molecule has 0 saturated carbocycles. The van der Waals surface area contributed by atoms with Crippen LogP contribution in [-0.2, 0) is 0 Å². The number of hydrogen-bond acceptors (Lipinski definition) is 3. The Hall–Kier alpha value is -1.82. The molecule has 5 nitrogen and oxygen atoms in total. The lowest BCUT2D eigenvalue weighted by atomic mass is 9.78. The van der Waals surface area contributed by atoms with Crippen molar-refractivity contribution in [3.05, 3.63) is 29.6 Å². The van der Waals surface area contributed by atoms with Crippen LogP contribution in [0.3, 0.4) is 0 Å². The van der Waals surface area contributed by atoms with Gasteiger partial charge in [0.15, 0.2) is 11.6 Å². The number of nitrogens with one attached hydrogen (secondary N) is 1. The molecule has 0 aromatic heterocycles. The van der Waals surface area contributed by atoms with Gasteiger partial charge in [0.2, 0.25) is 0 Å². The maximum absolute atomic E-state index is 14.0. The number of amides is 2. The highest BCUT2D eigenvalue weighted by Crippen LogP contribution is 2.35. The van der Waals surface area contributed by atoms with Gasteiger partial charge in [-0.2, -0.15) is 0 Å². The van der Waals surface area contributed by atoms with Gasteiger partial charge < -0.3 is 20.1 Å². The second-order valence-corrected chi connectivity index (χ2v) is 7.19. The lowest BCUT2D eigenvalue weighted by molar-refractivity contribution is 0.0433. The van der Waals surface area contributed by atoms with Crippen LogP contribution in [-0.4, -0.2) is 42.3 Å². The van der Waals surface area contributed by atoms with Crippen molar-refractivity contribution in [1.82, 2.24) is 10.2 Å². The van der Waals surface area contributed by atoms with Crippen LogP contribution in [0.25, 0.3) is 0 Å². The molecule has 1 saturated heterocycles. The van der Waals surface area contributed by atoms with E-state index < -0.39 is 0 Å². The van der Waals surface area contributed by atoms with E-state index in [2.05, 4.69) is 12.2 Å². The highest BCUT2D eigenvalue weighted by Gasteiger charge is 2.36. The number of carbonyl (C=O) groups excluding carboxylic acids is 1. The summed E-state index contributed by atoms with van der Waals surface area (Å²) in [6, 6.07) is 4.44. The number of aliphatic hydroxyl groups is 1. The highest BCUT2D eigenvalue weighted by atomic mass is 19.1. The Morgan fingerprint density at radius 1 is 1.48 bits per heavy atom. The highest BCUT2D eigenvalue weighted by molar-refractivity contribution is 5.75. The number of aliphatic hydroxyl groups excluding tert-OH is 1. The number of ether oxygens (including phenoxy) is 1. The van der Waals surface area contributed by atoms with Crippen molar-refractivity contribution < 1.29 is 19.0 Å². The average molecular weight is 350 g/mol. The van der Waals surface area contributed by atoms with Crippen LogP contribution in [0, 0.1) is 11.2 Å². The van der Waals surface area contributed by atoms with Gasteiger partial charge in [-0.25, -0.2) is 9.18 Å². The molecule has 0 bridgehead atoms. The molecule has 2 aliphatic rings. The van der Waals surface area contributed by atoms with Gasteiger partial charge in [-0.3, -0.25) is 0 Å². The molecule has 2 unspecified atom stereocenters. The zero-order valence-corrected chi connectivity index (χ0v) is 14.8. The Morgan fingerprint density at radius 3 is 3.08 bits per heavy atom. The molecule has 1 fully saturated rings. The fraction of sp³-hybridized carbons (Fsp3) is 0.632. The summed E-state index contributed by atoms with van der Waals surface area (Å²) < 4.78 is 19.6. The van der Waals surface area contributed by atoms with E-state index in [9.17, 15) is 14.3 Å². The summed E-state index contributed by atoms with van der Waals surface area (Å²) >= 11 is 0. The van der Waals surface area contributed by atoms with Crippen LogP contribution in [0.1, 0.15) is 50.6 Å². The Kier molecular flexibility index (Phi) is 5.47. The lowest BCUT2D eigenvalue weighted by Gasteiger charge is -2.41. The standard InChI is InChI=1S/C19H27FN2O3/c1-2-19(13-23)9-5-10-22(12-19)18(24)21-16-8-4-11-25-17-14(16)6-3-7-15(17)20/h3,6-7,16,23H,2,4-5,8-13H2,1H3,(H,21,24). The van der Waals surface area contributed by atoms with E-state index in [-0.39, 0.29) is 35.7 Å². The molecule has 2 N–H and O–H groups in total. The van der Waals surface area contributed by atoms with Crippen LogP contribution in [0.4, 0.5) is 9.18 Å². The molecule has 2 heterocycles. The summed E-state index contributed by atoms with van der Waals surface area (Å²) in [4.78, 5) is 14.6. The van der Waals surface area contributed by atoms with E-state index >= 15 is 0 Å². The molecule has 1 aromatic rings. The second kappa shape index (κ2) is 7.60. The monoisotopic (exact) mass is 350 g/mol. The van der Waals surface area contributed by atoms with Gasteiger partial charge in [0.05, 0.1) is 19.3 Å². The largest absolute Gasteiger partial charge is 0.490 e. The van der Waals surface area contributed by atoms with Gasteiger partial charge in [-0.05, 0) is 38.2 Å². The number of hydrogen-bond donors (Lipinski definition) is 2. The van der Waals surface area contributed by atoms with E-state index in [4.69, 9.17) is 4.74 Å². The molecule has 1 aromatic carbocycles. The van der Waals surface area contributed by atoms with Crippen molar-refractivity contribution >= 4 is 6.03 Å². The smallest absolute Gasteiger partial charge is 0.317 e. The van der Waals surface area contributed by atoms with Crippen LogP contribution >= 0.6 is 0 Å². The summed E-state index contributed by atoms with van der Waals surface area (Å²) in [6.07, 6.45) is 4.15. The minimum atomic E-state index is -0.387. The van der Waals surface area contributed by atoms with Crippen molar-refractivity contribution in [3.63, 3.8) is 0 Å². The molecule has 0 radical (unpaired) electrons. The van der Waals surface area contributed by atoms with Gasteiger partial charge in [-0.1, -0.05) is 19.1 Å². The summed E-state index contributed by atoms with van der Waals surface area (Å²) in [5.74, 6) is -0.135. The van der Waals surface area contributed by atoms with Gasteiger partial charge in [0.25, 0.3) is 0 Å². The molecule has 0 aliphatic carbocycles. The maximum Gasteiger partial charge on any atom is 0.317 e. The van der Waals surface area contributed by atoms with Crippen LogP contribution in [0.5, 0.6) is 5.75 Å². The Bertz CT molecular complexity index is 619. The number of para-hydroxylation sites is 1. The van der Waals surface area contributed by atoms with Gasteiger partial charge >= 0.3 is 6.03 Å². The van der Waals surface area contributed by atoms with Crippen molar-refractivity contribution in [2.75, 3.05) is 26.3 Å². The van der Waals surface area contributed by atoms with Crippen molar-refractivity contribution in [1.29, 1.82) is 0 Å². The molecule has 138 valence electrons. The van der Waals surface area contributed by atoms with Gasteiger partial charge in [0.1, 0.15) is 0 Å². The third-order valence-electron chi connectivity index (χ3n) is 5.59. The molecule has 6 heteroatoms. The fourth-order valence-corrected chi connectivity index (χ4v) is 3.87. The first-order valence-corrected chi connectivity index (χ1v) is 9.16. The summed E-state index contributed by atoms with van der Waals surface area (Å²) in [6.45, 7) is 3.85. The minimum absolute atomic E-state index is 0.0958. The van der Waals surface area contributed by atoms with Crippen LogP contribution in [0.15, 0.2) is 18.2 Å². The molecule has 25 heavy (non-hydrogen) atoms. The van der Waals surface area contributed by atoms with E-state index in [1.165, 1.54) is 6.07 Å². The summed E-state index contributed by atoms with van der Waals surface area (Å²) in [5, 5.41) is 12.8. The van der Waals surface area contributed by atoms with Crippen molar-refractivity contribution in [3.8, 4) is 5.75 Å². The normalized spacial score (nSPS) is 26.4. The predicted octanol–water partition coefficient (Wildman–Crippen LogP) is 3.23. The number of fused-ring (bicyclic) bond motifs is 1. The second-order valence-electron chi connectivity index (χ2n) is 7.19. The SMILES string of the molecule is CCC1(CO)CCCN(C(=O)NC2CCCOc3c(F)cccc32)C1. The number of benzene rings is 1. The lowest BCUT2D eigenvalue weighted by Crippen LogP contribution is -2.51. The van der Waals surface area contributed by atoms with E-state index in [1.54, 1.807) is 11.0 Å². The van der Waals surface area contributed by atoms with Crippen molar-refractivity contribution in [2.24, 2.45) is 5.41 Å². The number of carbonyl (C=O) groups is 1. The number of nitrogens with zero attached hydrogens (tertiary/aromatic N) is 1. The number of piperidine rings is 1. The molecule has 2 aliphatic heterocycles. The Balaban J connectivity index is 1.74. The third-order valence-corrected chi connectivity index (χ3v) is 5.59. The number of halogens is 1. The summed E-state index contributed by atoms with van der Waals surface area (Å²) in [5.41, 5.74) is 0.499. The van der Waals surface area contributed by atoms with E-state index in [0.717, 1.165) is 32.1 Å². The maximum atomic E-state index is 14.0. The molecule has 2 amide bonds. The first-order valence-electron chi connectivity index (χ1n) is 9.16. The van der Waals surface area contributed by atoms with Gasteiger partial charge in [0, 0.05) is 24.1 Å². The fourth-order valence-electron chi connectivity index (χ4n) is 3.87. The van der Waals surface area contributed by atoms with E-state index in [1.807, 2.05) is 6.07 Å². The Morgan fingerprint density at radius 2 is 2.32 bits per heavy atom.